The van der Waals surface area contributed by atoms with Gasteiger partial charge in [0.15, 0.2) is 5.79 Å². The Kier molecular flexibility index (Phi) is 3.45. The van der Waals surface area contributed by atoms with Gasteiger partial charge in [0.25, 0.3) is 5.56 Å². The second kappa shape index (κ2) is 5.06. The summed E-state index contributed by atoms with van der Waals surface area (Å²) in [5, 5.41) is 0. The van der Waals surface area contributed by atoms with Crippen LogP contribution in [0.25, 0.3) is 0 Å². The number of ether oxygens (including phenoxy) is 3. The molecule has 0 aromatic carbocycles. The summed E-state index contributed by atoms with van der Waals surface area (Å²) in [6.45, 7) is 4.51. The van der Waals surface area contributed by atoms with E-state index in [1.807, 2.05) is 0 Å². The molecule has 2 atom stereocenters. The third-order valence-corrected chi connectivity index (χ3v) is 4.16. The number of nitrogens with one attached hydrogen (secondary N) is 1. The summed E-state index contributed by atoms with van der Waals surface area (Å²) in [7, 11) is 0. The summed E-state index contributed by atoms with van der Waals surface area (Å²) in [6, 6.07) is 1.25. The van der Waals surface area contributed by atoms with E-state index in [1.54, 1.807) is 13.8 Å². The molecule has 3 heterocycles. The number of H-pyrrole nitrogens is 1. The normalized spacial score (nSPS) is 30.5. The molecule has 2 fully saturated rings. The zero-order valence-corrected chi connectivity index (χ0v) is 12.5. The molecule has 0 amide bonds. The number of carbonyl (C=O) groups is 1. The van der Waals surface area contributed by atoms with Crippen molar-refractivity contribution >= 4 is 5.97 Å². The molecule has 1 aromatic heterocycles. The van der Waals surface area contributed by atoms with Crippen molar-refractivity contribution in [3.8, 4) is 0 Å². The van der Waals surface area contributed by atoms with E-state index in [0.717, 1.165) is 0 Å². The molecule has 3 rings (SSSR count). The standard InChI is InChI=1S/C14H18N2O6/c1-13(8-16-4-3-10(17)15-12(16)19)7-9(11(18)22-13)14(2)20-5-6-21-14/h3-4,9H,5-8H2,1-2H3,(H,15,17,19)/t9-,13-/m0/s1. The average Bonchev–Trinajstić information content (AvgIpc) is 2.99. The molecule has 0 spiro atoms. The first-order valence-electron chi connectivity index (χ1n) is 7.12. The number of hydrogen-bond donors (Lipinski definition) is 1. The molecule has 2 aliphatic rings. The Morgan fingerprint density at radius 3 is 2.59 bits per heavy atom. The van der Waals surface area contributed by atoms with E-state index in [1.165, 1.54) is 16.8 Å². The van der Waals surface area contributed by atoms with Crippen LogP contribution >= 0.6 is 0 Å². The van der Waals surface area contributed by atoms with Crippen LogP contribution in [0.5, 0.6) is 0 Å². The molecule has 8 nitrogen and oxygen atoms in total. The number of nitrogens with zero attached hydrogens (tertiary/aromatic N) is 1. The van der Waals surface area contributed by atoms with Crippen molar-refractivity contribution in [1.29, 1.82) is 0 Å². The molecule has 0 saturated carbocycles. The minimum atomic E-state index is -0.981. The molecule has 2 aliphatic heterocycles. The Bertz CT molecular complexity index is 702. The number of rotatable bonds is 3. The van der Waals surface area contributed by atoms with E-state index in [-0.39, 0.29) is 6.54 Å². The molecule has 1 N–H and O–H groups in total. The first-order valence-corrected chi connectivity index (χ1v) is 7.12. The summed E-state index contributed by atoms with van der Waals surface area (Å²) in [5.74, 6) is -1.92. The molecule has 120 valence electrons. The highest BCUT2D eigenvalue weighted by atomic mass is 16.7. The van der Waals surface area contributed by atoms with Crippen LogP contribution in [0.1, 0.15) is 20.3 Å². The molecule has 22 heavy (non-hydrogen) atoms. The fourth-order valence-corrected chi connectivity index (χ4v) is 3.03. The maximum absolute atomic E-state index is 12.2. The number of carbonyl (C=O) groups excluding carboxylic acids is 1. The van der Waals surface area contributed by atoms with Gasteiger partial charge in [0.2, 0.25) is 0 Å². The third-order valence-electron chi connectivity index (χ3n) is 4.16. The quantitative estimate of drug-likeness (QED) is 0.764. The van der Waals surface area contributed by atoms with Crippen molar-refractivity contribution in [1.82, 2.24) is 9.55 Å². The Balaban J connectivity index is 1.81. The number of aromatic nitrogens is 2. The lowest BCUT2D eigenvalue weighted by Gasteiger charge is -2.27. The van der Waals surface area contributed by atoms with Gasteiger partial charge in [-0.25, -0.2) is 4.79 Å². The number of cyclic esters (lactones) is 1. The summed E-state index contributed by atoms with van der Waals surface area (Å²) in [4.78, 5) is 37.2. The van der Waals surface area contributed by atoms with Crippen LogP contribution < -0.4 is 11.2 Å². The van der Waals surface area contributed by atoms with E-state index in [4.69, 9.17) is 14.2 Å². The topological polar surface area (TPSA) is 99.6 Å². The maximum atomic E-state index is 12.2. The first kappa shape index (κ1) is 15.0. The highest BCUT2D eigenvalue weighted by molar-refractivity contribution is 5.76. The minimum Gasteiger partial charge on any atom is -0.457 e. The molecular formula is C14H18N2O6. The SMILES string of the molecule is CC1([C@H]2C[C@@](C)(Cn3ccc(=O)[nH]c3=O)OC2=O)OCCO1. The van der Waals surface area contributed by atoms with Crippen molar-refractivity contribution in [3.05, 3.63) is 33.1 Å². The van der Waals surface area contributed by atoms with Gasteiger partial charge in [-0.2, -0.15) is 0 Å². The lowest BCUT2D eigenvalue weighted by atomic mass is 9.90. The predicted molar refractivity (Wildman–Crippen MR) is 74.2 cm³/mol. The van der Waals surface area contributed by atoms with Gasteiger partial charge in [0, 0.05) is 18.7 Å². The first-order chi connectivity index (χ1) is 10.3. The van der Waals surface area contributed by atoms with Crippen LogP contribution in [0.15, 0.2) is 21.9 Å². The third kappa shape index (κ3) is 2.59. The molecule has 0 bridgehead atoms. The fraction of sp³-hybridized carbons (Fsp3) is 0.643. The molecule has 0 aliphatic carbocycles. The molecule has 0 radical (unpaired) electrons. The van der Waals surface area contributed by atoms with Crippen molar-refractivity contribution in [2.24, 2.45) is 5.92 Å². The van der Waals surface area contributed by atoms with Crippen LogP contribution in [0, 0.1) is 5.92 Å². The van der Waals surface area contributed by atoms with Crippen LogP contribution in [-0.2, 0) is 25.5 Å². The molecule has 1 aromatic rings. The minimum absolute atomic E-state index is 0.154. The second-order valence-corrected chi connectivity index (χ2v) is 6.08. The van der Waals surface area contributed by atoms with Gasteiger partial charge in [-0.05, 0) is 13.8 Å². The number of aromatic amines is 1. The largest absolute Gasteiger partial charge is 0.457 e. The average molecular weight is 310 g/mol. The van der Waals surface area contributed by atoms with E-state index < -0.39 is 34.5 Å². The molecule has 2 saturated heterocycles. The van der Waals surface area contributed by atoms with Crippen LogP contribution in [0.4, 0.5) is 0 Å². The Morgan fingerprint density at radius 2 is 1.95 bits per heavy atom. The second-order valence-electron chi connectivity index (χ2n) is 6.08. The van der Waals surface area contributed by atoms with E-state index in [2.05, 4.69) is 4.98 Å². The lowest BCUT2D eigenvalue weighted by Crippen LogP contribution is -2.40. The predicted octanol–water partition coefficient (Wildman–Crippen LogP) is -0.379. The van der Waals surface area contributed by atoms with Crippen LogP contribution in [-0.4, -0.2) is 40.1 Å². The fourth-order valence-electron chi connectivity index (χ4n) is 3.03. The van der Waals surface area contributed by atoms with Gasteiger partial charge in [0.1, 0.15) is 11.5 Å². The summed E-state index contributed by atoms with van der Waals surface area (Å²) in [5.41, 5.74) is -1.86. The smallest absolute Gasteiger partial charge is 0.328 e. The summed E-state index contributed by atoms with van der Waals surface area (Å²) >= 11 is 0. The van der Waals surface area contributed by atoms with Crippen molar-refractivity contribution in [2.45, 2.75) is 38.2 Å². The van der Waals surface area contributed by atoms with Gasteiger partial charge >= 0.3 is 11.7 Å². The summed E-state index contributed by atoms with van der Waals surface area (Å²) < 4.78 is 17.9. The molecule has 8 heteroatoms. The van der Waals surface area contributed by atoms with Gasteiger partial charge in [0.05, 0.1) is 19.8 Å². The zero-order chi connectivity index (χ0) is 16.0. The molecule has 0 unspecified atom stereocenters. The summed E-state index contributed by atoms with van der Waals surface area (Å²) in [6.07, 6.45) is 1.76. The van der Waals surface area contributed by atoms with Gasteiger partial charge < -0.3 is 14.2 Å². The highest BCUT2D eigenvalue weighted by Crippen LogP contribution is 2.41. The van der Waals surface area contributed by atoms with Crippen molar-refractivity contribution in [2.75, 3.05) is 13.2 Å². The van der Waals surface area contributed by atoms with Crippen LogP contribution in [0.3, 0.4) is 0 Å². The van der Waals surface area contributed by atoms with Crippen molar-refractivity contribution < 1.29 is 19.0 Å². The van der Waals surface area contributed by atoms with Crippen LogP contribution in [0.2, 0.25) is 0 Å². The van der Waals surface area contributed by atoms with E-state index in [9.17, 15) is 14.4 Å². The lowest BCUT2D eigenvalue weighted by molar-refractivity contribution is -0.189. The Hall–Kier alpha value is -1.93. The molecular weight excluding hydrogens is 292 g/mol. The Morgan fingerprint density at radius 1 is 1.27 bits per heavy atom. The maximum Gasteiger partial charge on any atom is 0.328 e. The number of hydrogen-bond acceptors (Lipinski definition) is 6. The zero-order valence-electron chi connectivity index (χ0n) is 12.5. The Labute approximate surface area is 126 Å². The van der Waals surface area contributed by atoms with Gasteiger partial charge in [-0.3, -0.25) is 19.1 Å². The van der Waals surface area contributed by atoms with Gasteiger partial charge in [-0.15, -0.1) is 0 Å². The number of esters is 1. The van der Waals surface area contributed by atoms with E-state index in [0.29, 0.717) is 19.6 Å². The monoisotopic (exact) mass is 310 g/mol. The highest BCUT2D eigenvalue weighted by Gasteiger charge is 2.54. The van der Waals surface area contributed by atoms with E-state index >= 15 is 0 Å². The van der Waals surface area contributed by atoms with Gasteiger partial charge in [-0.1, -0.05) is 0 Å². The van der Waals surface area contributed by atoms with Crippen molar-refractivity contribution in [3.63, 3.8) is 0 Å².